The first-order valence-electron chi connectivity index (χ1n) is 12.9. The molecule has 0 bridgehead atoms. The smallest absolute Gasteiger partial charge is 0.406 e. The van der Waals surface area contributed by atoms with Crippen LogP contribution in [-0.2, 0) is 32.7 Å². The maximum Gasteiger partial charge on any atom is 0.406 e. The van der Waals surface area contributed by atoms with Crippen molar-refractivity contribution in [3.05, 3.63) is 6.33 Å². The number of ether oxygens (including phenoxy) is 2. The number of fused-ring (bicyclic) bond motifs is 1. The lowest BCUT2D eigenvalue weighted by Crippen LogP contribution is -2.39. The minimum absolute atomic E-state index is 0.00286. The fraction of sp³-hybridized carbons (Fsp3) is 0.696. The Bertz CT molecular complexity index is 1340. The van der Waals surface area contributed by atoms with Gasteiger partial charge in [0.1, 0.15) is 23.8 Å². The van der Waals surface area contributed by atoms with Crippen molar-refractivity contribution in [3.63, 3.8) is 0 Å². The summed E-state index contributed by atoms with van der Waals surface area (Å²) < 4.78 is 52.2. The highest BCUT2D eigenvalue weighted by atomic mass is 35.5. The summed E-state index contributed by atoms with van der Waals surface area (Å²) in [7, 11) is -4.33. The van der Waals surface area contributed by atoms with Gasteiger partial charge in [-0.25, -0.2) is 19.0 Å². The van der Waals surface area contributed by atoms with E-state index in [1.54, 1.807) is 34.6 Å². The van der Waals surface area contributed by atoms with Gasteiger partial charge in [0.2, 0.25) is 5.95 Å². The zero-order chi connectivity index (χ0) is 31.6. The minimum atomic E-state index is -4.33. The number of imidazole rings is 1. The van der Waals surface area contributed by atoms with Gasteiger partial charge >= 0.3 is 13.7 Å². The number of nitrogen functional groups attached to an aromatic ring is 2. The Morgan fingerprint density at radius 2 is 1.98 bits per heavy atom. The van der Waals surface area contributed by atoms with Crippen molar-refractivity contribution in [2.24, 2.45) is 5.41 Å². The Hall–Kier alpha value is -2.11. The third-order valence-electron chi connectivity index (χ3n) is 5.75. The van der Waals surface area contributed by atoms with Crippen LogP contribution in [0.2, 0.25) is 0 Å². The summed E-state index contributed by atoms with van der Waals surface area (Å²) in [5, 5.41) is 10.1. The third-order valence-corrected chi connectivity index (χ3v) is 9.12. The summed E-state index contributed by atoms with van der Waals surface area (Å²) in [5.74, 6) is -0.887. The maximum absolute atomic E-state index is 15.7. The van der Waals surface area contributed by atoms with E-state index in [0.717, 1.165) is 22.7 Å². The van der Waals surface area contributed by atoms with Gasteiger partial charge < -0.3 is 26.0 Å². The summed E-state index contributed by atoms with van der Waals surface area (Å²) in [5.41, 5.74) is 11.0. The highest BCUT2D eigenvalue weighted by Gasteiger charge is 2.58. The van der Waals surface area contributed by atoms with Crippen LogP contribution >= 0.6 is 31.1 Å². The number of hydrogen-bond donors (Lipinski definition) is 4. The van der Waals surface area contributed by atoms with Gasteiger partial charge in [-0.3, -0.25) is 23.2 Å². The third kappa shape index (κ3) is 8.08. The molecule has 0 aliphatic carbocycles. The van der Waals surface area contributed by atoms with Gasteiger partial charge in [-0.15, -0.1) is 0 Å². The molecule has 0 saturated carbocycles. The van der Waals surface area contributed by atoms with E-state index in [2.05, 4.69) is 20.0 Å². The number of halogens is 2. The van der Waals surface area contributed by atoms with E-state index in [1.165, 1.54) is 6.92 Å². The zero-order valence-corrected chi connectivity index (χ0v) is 26.4. The molecule has 15 nitrogen and oxygen atoms in total. The molecule has 1 fully saturated rings. The van der Waals surface area contributed by atoms with Crippen LogP contribution in [0, 0.1) is 5.41 Å². The number of rotatable bonds is 12. The zero-order valence-electron chi connectivity index (χ0n) is 23.9. The number of nitrogens with one attached hydrogen (secondary N) is 1. The van der Waals surface area contributed by atoms with E-state index >= 15 is 4.39 Å². The van der Waals surface area contributed by atoms with E-state index in [0.29, 0.717) is 0 Å². The molecule has 6 atom stereocenters. The number of thioether (sulfide) groups is 1. The van der Waals surface area contributed by atoms with E-state index in [-0.39, 0.29) is 40.4 Å². The number of nitrogens with two attached hydrogens (primary N) is 2. The van der Waals surface area contributed by atoms with Crippen molar-refractivity contribution < 1.29 is 42.2 Å². The van der Waals surface area contributed by atoms with Gasteiger partial charge in [-0.2, -0.15) is 9.97 Å². The van der Waals surface area contributed by atoms with Crippen molar-refractivity contribution in [1.82, 2.24) is 24.6 Å². The molecular formula is C23H36ClFN7O8PS. The molecule has 3 heterocycles. The van der Waals surface area contributed by atoms with Crippen LogP contribution in [0.5, 0.6) is 0 Å². The molecule has 2 aromatic heterocycles. The van der Waals surface area contributed by atoms with Crippen LogP contribution in [0.3, 0.4) is 0 Å². The summed E-state index contributed by atoms with van der Waals surface area (Å²) in [6.07, 6.45) is -4.46. The summed E-state index contributed by atoms with van der Waals surface area (Å²) >= 11 is 7.05. The molecule has 0 radical (unpaired) electrons. The molecule has 3 rings (SSSR count). The van der Waals surface area contributed by atoms with Crippen molar-refractivity contribution in [2.45, 2.75) is 77.3 Å². The molecule has 236 valence electrons. The number of aliphatic hydroxyl groups is 1. The normalized spacial score (nSPS) is 25.0. The number of esters is 1. The lowest BCUT2D eigenvalue weighted by atomic mass is 10.00. The van der Waals surface area contributed by atoms with E-state index in [4.69, 9.17) is 41.6 Å². The molecule has 2 aromatic rings. The SMILES string of the molecule is CC(C)OC(=O)C(C)NP(=O)(OCCSC(=O)C(C)(C)C)OC[C@H]1O[C@@H](n2cnc3c(N)nc(N)nc32)[C@](F)(Cl)[C@@H]1O. The molecule has 19 heteroatoms. The predicted octanol–water partition coefficient (Wildman–Crippen LogP) is 2.53. The number of nitrogens with zero attached hydrogens (tertiary/aromatic N) is 4. The number of aliphatic hydroxyl groups excluding tert-OH is 1. The Morgan fingerprint density at radius 1 is 1.31 bits per heavy atom. The lowest BCUT2D eigenvalue weighted by molar-refractivity contribution is -0.149. The summed E-state index contributed by atoms with van der Waals surface area (Å²) in [6.45, 7) is 9.03. The standard InChI is InChI=1S/C23H36ClFN7O8PS/c1-11(2)39-18(34)12(3)31-41(36,37-7-8-42-20(35)22(4,5)6)38-9-13-15(33)23(24,25)19(40-13)32-10-28-14-16(26)29-21(27)30-17(14)32/h10-13,15,19,33H,7-9H2,1-6H3,(H,31,36)(H4,26,27,29,30)/t12?,13-,15-,19-,23+,41?/m1/s1. The number of alkyl halides is 2. The first-order valence-corrected chi connectivity index (χ1v) is 15.8. The van der Waals surface area contributed by atoms with Crippen LogP contribution < -0.4 is 16.6 Å². The molecule has 0 aromatic carbocycles. The second-order valence-corrected chi connectivity index (χ2v) is 14.2. The van der Waals surface area contributed by atoms with Crippen molar-refractivity contribution in [3.8, 4) is 0 Å². The Kier molecular flexibility index (Phi) is 10.9. The fourth-order valence-electron chi connectivity index (χ4n) is 3.65. The fourth-order valence-corrected chi connectivity index (χ4v) is 6.33. The van der Waals surface area contributed by atoms with E-state index in [9.17, 15) is 19.3 Å². The largest absolute Gasteiger partial charge is 0.462 e. The number of carbonyl (C=O) groups excluding carboxylic acids is 2. The molecule has 1 aliphatic rings. The van der Waals surface area contributed by atoms with Crippen LogP contribution in [0.15, 0.2) is 6.33 Å². The quantitative estimate of drug-likeness (QED) is 0.112. The Labute approximate surface area is 251 Å². The van der Waals surface area contributed by atoms with Gasteiger partial charge in [0.15, 0.2) is 22.8 Å². The maximum atomic E-state index is 15.7. The molecule has 42 heavy (non-hydrogen) atoms. The summed E-state index contributed by atoms with van der Waals surface area (Å²) in [6, 6.07) is -1.15. The molecule has 6 N–H and O–H groups in total. The average Bonchev–Trinajstić information content (AvgIpc) is 3.37. The second kappa shape index (κ2) is 13.3. The van der Waals surface area contributed by atoms with Crippen molar-refractivity contribution in [2.75, 3.05) is 30.4 Å². The monoisotopic (exact) mass is 655 g/mol. The Morgan fingerprint density at radius 3 is 2.60 bits per heavy atom. The first-order chi connectivity index (χ1) is 19.4. The van der Waals surface area contributed by atoms with Crippen molar-refractivity contribution in [1.29, 1.82) is 0 Å². The van der Waals surface area contributed by atoms with Gasteiger partial charge in [0.25, 0.3) is 5.13 Å². The molecular weight excluding hydrogens is 620 g/mol. The van der Waals surface area contributed by atoms with Gasteiger partial charge in [0.05, 0.1) is 25.6 Å². The van der Waals surface area contributed by atoms with Crippen LogP contribution in [-0.4, -0.2) is 84.2 Å². The van der Waals surface area contributed by atoms with Gasteiger partial charge in [0, 0.05) is 11.2 Å². The van der Waals surface area contributed by atoms with Gasteiger partial charge in [-0.1, -0.05) is 44.1 Å². The average molecular weight is 656 g/mol. The molecule has 2 unspecified atom stereocenters. The number of hydrogen-bond acceptors (Lipinski definition) is 14. The van der Waals surface area contributed by atoms with E-state index < -0.39 is 61.4 Å². The highest BCUT2D eigenvalue weighted by molar-refractivity contribution is 8.13. The highest BCUT2D eigenvalue weighted by Crippen LogP contribution is 2.49. The van der Waals surface area contributed by atoms with Crippen LogP contribution in [0.25, 0.3) is 11.2 Å². The number of aromatic nitrogens is 4. The molecule has 0 amide bonds. The lowest BCUT2D eigenvalue weighted by Gasteiger charge is -2.25. The van der Waals surface area contributed by atoms with Gasteiger partial charge in [-0.05, 0) is 20.8 Å². The molecule has 1 aliphatic heterocycles. The second-order valence-electron chi connectivity index (χ2n) is 10.8. The van der Waals surface area contributed by atoms with E-state index in [1.807, 2.05) is 0 Å². The minimum Gasteiger partial charge on any atom is -0.462 e. The van der Waals surface area contributed by atoms with Crippen molar-refractivity contribution >= 4 is 65.1 Å². The predicted molar refractivity (Wildman–Crippen MR) is 154 cm³/mol. The molecule has 1 saturated heterocycles. The molecule has 0 spiro atoms. The number of anilines is 2. The summed E-state index contributed by atoms with van der Waals surface area (Å²) in [4.78, 5) is 36.4. The number of carbonyl (C=O) groups is 2. The topological polar surface area (TPSA) is 216 Å². The Balaban J connectivity index is 1.76. The first kappa shape index (κ1) is 34.4. The van der Waals surface area contributed by atoms with Crippen LogP contribution in [0.4, 0.5) is 16.2 Å². The van der Waals surface area contributed by atoms with Crippen LogP contribution in [0.1, 0.15) is 47.8 Å².